The Morgan fingerprint density at radius 2 is 1.92 bits per heavy atom. The standard InChI is InChI=1S/C20H20FN3OS/c1-23-19(12-18(22-23)15-2-4-17(21)5-3-15)20(25)24-9-6-14(7-10-24)16-8-11-26-13-16/h2-5,8,11-14H,6-7,9-10H2,1H3. The average molecular weight is 369 g/mol. The van der Waals surface area contributed by atoms with Crippen molar-refractivity contribution in [1.82, 2.24) is 14.7 Å². The molecule has 3 aromatic rings. The van der Waals surface area contributed by atoms with Crippen LogP contribution in [0.2, 0.25) is 0 Å². The molecule has 0 bridgehead atoms. The molecule has 0 atom stereocenters. The Labute approximate surface area is 155 Å². The molecule has 0 aliphatic carbocycles. The van der Waals surface area contributed by atoms with Crippen molar-refractivity contribution in [3.63, 3.8) is 0 Å². The molecule has 0 spiro atoms. The molecule has 3 heterocycles. The normalized spacial score (nSPS) is 15.4. The van der Waals surface area contributed by atoms with Gasteiger partial charge < -0.3 is 4.90 Å². The van der Waals surface area contributed by atoms with Crippen LogP contribution in [0.5, 0.6) is 0 Å². The van der Waals surface area contributed by atoms with Crippen molar-refractivity contribution < 1.29 is 9.18 Å². The summed E-state index contributed by atoms with van der Waals surface area (Å²) in [5, 5.41) is 8.75. The largest absolute Gasteiger partial charge is 0.337 e. The van der Waals surface area contributed by atoms with E-state index < -0.39 is 0 Å². The van der Waals surface area contributed by atoms with Crippen molar-refractivity contribution in [3.8, 4) is 11.3 Å². The molecular weight excluding hydrogens is 349 g/mol. The van der Waals surface area contributed by atoms with E-state index in [4.69, 9.17) is 0 Å². The van der Waals surface area contributed by atoms with Crippen molar-refractivity contribution in [2.45, 2.75) is 18.8 Å². The molecule has 0 unspecified atom stereocenters. The van der Waals surface area contributed by atoms with Gasteiger partial charge in [-0.2, -0.15) is 16.4 Å². The Kier molecular flexibility index (Phi) is 4.59. The van der Waals surface area contributed by atoms with Crippen LogP contribution in [0.4, 0.5) is 4.39 Å². The first-order chi connectivity index (χ1) is 12.6. The number of hydrogen-bond acceptors (Lipinski definition) is 3. The lowest BCUT2D eigenvalue weighted by Gasteiger charge is -2.31. The monoisotopic (exact) mass is 369 g/mol. The van der Waals surface area contributed by atoms with E-state index in [0.29, 0.717) is 17.3 Å². The molecule has 1 aliphatic rings. The molecule has 6 heteroatoms. The molecule has 0 saturated carbocycles. The molecular formula is C20H20FN3OS. The van der Waals surface area contributed by atoms with Crippen molar-refractivity contribution in [1.29, 1.82) is 0 Å². The zero-order valence-corrected chi connectivity index (χ0v) is 15.4. The molecule has 1 saturated heterocycles. The van der Waals surface area contributed by atoms with Gasteiger partial charge in [0.05, 0.1) is 5.69 Å². The number of likely N-dealkylation sites (tertiary alicyclic amines) is 1. The number of nitrogens with zero attached hydrogens (tertiary/aromatic N) is 3. The molecule has 1 amide bonds. The average Bonchev–Trinajstić information content (AvgIpc) is 3.32. The van der Waals surface area contributed by atoms with E-state index in [1.807, 2.05) is 4.90 Å². The SMILES string of the molecule is Cn1nc(-c2ccc(F)cc2)cc1C(=O)N1CCC(c2ccsc2)CC1. The number of amides is 1. The summed E-state index contributed by atoms with van der Waals surface area (Å²) >= 11 is 1.73. The summed E-state index contributed by atoms with van der Waals surface area (Å²) < 4.78 is 14.7. The minimum Gasteiger partial charge on any atom is -0.337 e. The highest BCUT2D eigenvalue weighted by molar-refractivity contribution is 7.07. The second kappa shape index (κ2) is 7.03. The molecule has 4 rings (SSSR count). The van der Waals surface area contributed by atoms with Crippen LogP contribution >= 0.6 is 11.3 Å². The number of thiophene rings is 1. The maximum absolute atomic E-state index is 13.1. The fourth-order valence-corrected chi connectivity index (χ4v) is 4.26. The van der Waals surface area contributed by atoms with E-state index in [1.54, 1.807) is 41.3 Å². The molecule has 1 aromatic carbocycles. The quantitative estimate of drug-likeness (QED) is 0.690. The summed E-state index contributed by atoms with van der Waals surface area (Å²) in [5.74, 6) is 0.276. The molecule has 26 heavy (non-hydrogen) atoms. The van der Waals surface area contributed by atoms with Crippen molar-refractivity contribution in [3.05, 3.63) is 64.2 Å². The van der Waals surface area contributed by atoms with E-state index >= 15 is 0 Å². The number of hydrogen-bond donors (Lipinski definition) is 0. The number of rotatable bonds is 3. The van der Waals surface area contributed by atoms with Gasteiger partial charge in [0.1, 0.15) is 11.5 Å². The van der Waals surface area contributed by atoms with Gasteiger partial charge in [-0.05, 0) is 71.5 Å². The molecule has 4 nitrogen and oxygen atoms in total. The third-order valence-corrected chi connectivity index (χ3v) is 5.74. The Hall–Kier alpha value is -2.47. The summed E-state index contributed by atoms with van der Waals surface area (Å²) in [5.41, 5.74) is 3.45. The molecule has 0 radical (unpaired) electrons. The zero-order chi connectivity index (χ0) is 18.1. The van der Waals surface area contributed by atoms with Crippen LogP contribution in [0.1, 0.15) is 34.8 Å². The topological polar surface area (TPSA) is 38.1 Å². The molecule has 134 valence electrons. The maximum atomic E-state index is 13.1. The highest BCUT2D eigenvalue weighted by Crippen LogP contribution is 2.30. The predicted octanol–water partition coefficient (Wildman–Crippen LogP) is 4.31. The number of carbonyl (C=O) groups is 1. The smallest absolute Gasteiger partial charge is 0.272 e. The van der Waals surface area contributed by atoms with Crippen LogP contribution in [-0.4, -0.2) is 33.7 Å². The third kappa shape index (κ3) is 3.29. The third-order valence-electron chi connectivity index (χ3n) is 5.04. The second-order valence-electron chi connectivity index (χ2n) is 6.67. The highest BCUT2D eigenvalue weighted by Gasteiger charge is 2.26. The lowest BCUT2D eigenvalue weighted by atomic mass is 9.91. The zero-order valence-electron chi connectivity index (χ0n) is 14.6. The number of halogens is 1. The predicted molar refractivity (Wildman–Crippen MR) is 101 cm³/mol. The molecule has 2 aromatic heterocycles. The van der Waals surface area contributed by atoms with Crippen molar-refractivity contribution in [2.75, 3.05) is 13.1 Å². The number of aromatic nitrogens is 2. The maximum Gasteiger partial charge on any atom is 0.272 e. The second-order valence-corrected chi connectivity index (χ2v) is 7.45. The molecule has 1 aliphatic heterocycles. The highest BCUT2D eigenvalue weighted by atomic mass is 32.1. The van der Waals surface area contributed by atoms with E-state index in [1.165, 1.54) is 17.7 Å². The number of piperidine rings is 1. The van der Waals surface area contributed by atoms with Gasteiger partial charge in [0, 0.05) is 25.7 Å². The Morgan fingerprint density at radius 3 is 2.58 bits per heavy atom. The summed E-state index contributed by atoms with van der Waals surface area (Å²) in [6, 6.07) is 10.1. The number of carbonyl (C=O) groups excluding carboxylic acids is 1. The van der Waals surface area contributed by atoms with Gasteiger partial charge in [-0.1, -0.05) is 0 Å². The Morgan fingerprint density at radius 1 is 1.19 bits per heavy atom. The lowest BCUT2D eigenvalue weighted by Crippen LogP contribution is -2.38. The summed E-state index contributed by atoms with van der Waals surface area (Å²) in [6.45, 7) is 1.52. The first-order valence-electron chi connectivity index (χ1n) is 8.73. The summed E-state index contributed by atoms with van der Waals surface area (Å²) in [6.07, 6.45) is 1.98. The first-order valence-corrected chi connectivity index (χ1v) is 9.67. The number of benzene rings is 1. The minimum absolute atomic E-state index is 0.0112. The van der Waals surface area contributed by atoms with Gasteiger partial charge in [0.15, 0.2) is 0 Å². The van der Waals surface area contributed by atoms with Crippen molar-refractivity contribution in [2.24, 2.45) is 7.05 Å². The van der Waals surface area contributed by atoms with E-state index in [9.17, 15) is 9.18 Å². The van der Waals surface area contributed by atoms with Crippen molar-refractivity contribution >= 4 is 17.2 Å². The number of aryl methyl sites for hydroxylation is 1. The van der Waals surface area contributed by atoms with Crippen LogP contribution in [0.25, 0.3) is 11.3 Å². The summed E-state index contributed by atoms with van der Waals surface area (Å²) in [7, 11) is 1.78. The molecule has 1 fully saturated rings. The molecule has 0 N–H and O–H groups in total. The first kappa shape index (κ1) is 17.0. The minimum atomic E-state index is -0.283. The van der Waals surface area contributed by atoms with Gasteiger partial charge in [-0.15, -0.1) is 0 Å². The lowest BCUT2D eigenvalue weighted by molar-refractivity contribution is 0.0702. The van der Waals surface area contributed by atoms with Crippen LogP contribution in [0.15, 0.2) is 47.2 Å². The van der Waals surface area contributed by atoms with E-state index in [0.717, 1.165) is 31.5 Å². The van der Waals surface area contributed by atoms with E-state index in [2.05, 4.69) is 21.9 Å². The van der Waals surface area contributed by atoms with E-state index in [-0.39, 0.29) is 11.7 Å². The summed E-state index contributed by atoms with van der Waals surface area (Å²) in [4.78, 5) is 14.8. The van der Waals surface area contributed by atoms with Crippen LogP contribution in [-0.2, 0) is 7.05 Å². The fourth-order valence-electron chi connectivity index (χ4n) is 3.51. The Balaban J connectivity index is 1.48. The van der Waals surface area contributed by atoms with Crippen LogP contribution < -0.4 is 0 Å². The van der Waals surface area contributed by atoms with Gasteiger partial charge in [0.25, 0.3) is 5.91 Å². The Bertz CT molecular complexity index is 894. The van der Waals surface area contributed by atoms with Gasteiger partial charge in [-0.25, -0.2) is 4.39 Å². The van der Waals surface area contributed by atoms with Gasteiger partial charge in [0.2, 0.25) is 0 Å². The fraction of sp³-hybridized carbons (Fsp3) is 0.300. The van der Waals surface area contributed by atoms with Gasteiger partial charge >= 0.3 is 0 Å². The van der Waals surface area contributed by atoms with Gasteiger partial charge in [-0.3, -0.25) is 9.48 Å². The van der Waals surface area contributed by atoms with Crippen LogP contribution in [0, 0.1) is 5.82 Å². The van der Waals surface area contributed by atoms with Crippen LogP contribution in [0.3, 0.4) is 0 Å².